The van der Waals surface area contributed by atoms with Gasteiger partial charge in [-0.1, -0.05) is 0 Å². The van der Waals surface area contributed by atoms with Crippen LogP contribution in [0.2, 0.25) is 0 Å². The molecule has 0 aromatic carbocycles. The molecule has 0 spiro atoms. The molecule has 17 heavy (non-hydrogen) atoms. The minimum Gasteiger partial charge on any atom is -0.356 e. The molecule has 2 bridgehead atoms. The fraction of sp³-hybridized carbons (Fsp3) is 0.917. The molecular weight excluding hydrogens is 220 g/mol. The quantitative estimate of drug-likeness (QED) is 0.689. The average molecular weight is 242 g/mol. The van der Waals surface area contributed by atoms with Crippen LogP contribution in [0.5, 0.6) is 0 Å². The fourth-order valence-corrected chi connectivity index (χ4v) is 2.65. The van der Waals surface area contributed by atoms with E-state index in [0.29, 0.717) is 13.0 Å². The van der Waals surface area contributed by atoms with Crippen LogP contribution in [0.1, 0.15) is 40.0 Å². The second kappa shape index (κ2) is 4.55. The van der Waals surface area contributed by atoms with Gasteiger partial charge in [-0.25, -0.2) is 4.90 Å². The van der Waals surface area contributed by atoms with Crippen LogP contribution in [0.25, 0.3) is 0 Å². The van der Waals surface area contributed by atoms with Gasteiger partial charge in [-0.2, -0.15) is 0 Å². The highest BCUT2D eigenvalue weighted by Crippen LogP contribution is 2.31. The summed E-state index contributed by atoms with van der Waals surface area (Å²) in [4.78, 5) is 13.4. The van der Waals surface area contributed by atoms with Crippen LogP contribution in [0.15, 0.2) is 0 Å². The van der Waals surface area contributed by atoms with E-state index in [0.717, 1.165) is 12.8 Å². The molecule has 0 radical (unpaired) electrons. The van der Waals surface area contributed by atoms with E-state index < -0.39 is 6.41 Å². The Bertz CT molecular complexity index is 301. The summed E-state index contributed by atoms with van der Waals surface area (Å²) in [5, 5.41) is 13.0. The third kappa shape index (κ3) is 2.97. The van der Waals surface area contributed by atoms with Crippen molar-refractivity contribution in [2.75, 3.05) is 6.54 Å². The smallest absolute Gasteiger partial charge is 0.221 e. The lowest BCUT2D eigenvalue weighted by atomic mass is 10.1. The van der Waals surface area contributed by atoms with Crippen molar-refractivity contribution in [3.8, 4) is 0 Å². The number of amides is 1. The number of hydrogen-bond donors (Lipinski definition) is 2. The zero-order valence-electron chi connectivity index (χ0n) is 10.8. The molecule has 2 heterocycles. The number of carbonyl (C=O) groups excluding carboxylic acids is 1. The Balaban J connectivity index is 2.06. The number of nitrogens with one attached hydrogen (secondary N) is 1. The van der Waals surface area contributed by atoms with Crippen molar-refractivity contribution in [3.63, 3.8) is 0 Å². The molecule has 2 aliphatic heterocycles. The lowest BCUT2D eigenvalue weighted by molar-refractivity contribution is -0.249. The van der Waals surface area contributed by atoms with Crippen molar-refractivity contribution in [2.45, 2.75) is 64.1 Å². The van der Waals surface area contributed by atoms with Crippen molar-refractivity contribution >= 4 is 5.91 Å². The number of nitrogens with zero attached hydrogens (tertiary/aromatic N) is 1. The molecule has 0 aromatic rings. The van der Waals surface area contributed by atoms with E-state index in [9.17, 15) is 9.90 Å². The highest BCUT2D eigenvalue weighted by atomic mass is 16.6. The first-order chi connectivity index (χ1) is 7.87. The number of rotatable bonds is 2. The van der Waals surface area contributed by atoms with Crippen LogP contribution in [0.4, 0.5) is 0 Å². The molecule has 2 aliphatic rings. The Kier molecular flexibility index (Phi) is 3.43. The van der Waals surface area contributed by atoms with Crippen LogP contribution >= 0.6 is 0 Å². The van der Waals surface area contributed by atoms with Gasteiger partial charge in [-0.3, -0.25) is 4.79 Å². The van der Waals surface area contributed by atoms with E-state index >= 15 is 0 Å². The normalized spacial score (nSPS) is 32.1. The first-order valence-electron chi connectivity index (χ1n) is 6.27. The first-order valence-corrected chi connectivity index (χ1v) is 6.27. The highest BCUT2D eigenvalue weighted by Gasteiger charge is 2.42. The van der Waals surface area contributed by atoms with Gasteiger partial charge in [-0.15, -0.1) is 0 Å². The van der Waals surface area contributed by atoms with Crippen LogP contribution in [-0.4, -0.2) is 46.6 Å². The summed E-state index contributed by atoms with van der Waals surface area (Å²) in [7, 11) is 0. The monoisotopic (exact) mass is 242 g/mol. The number of ether oxygens (including phenoxy) is 1. The van der Waals surface area contributed by atoms with Gasteiger partial charge < -0.3 is 15.2 Å². The van der Waals surface area contributed by atoms with Crippen molar-refractivity contribution in [2.24, 2.45) is 0 Å². The predicted octanol–water partition coefficient (Wildman–Crippen LogP) is 0.430. The summed E-state index contributed by atoms with van der Waals surface area (Å²) in [6.45, 7) is 6.36. The molecule has 2 rings (SSSR count). The SMILES string of the molecule is CC(C)(C)OC(O)N1C2CCC1CC(=O)NC2. The van der Waals surface area contributed by atoms with Gasteiger partial charge in [0.15, 0.2) is 0 Å². The van der Waals surface area contributed by atoms with E-state index in [4.69, 9.17) is 4.74 Å². The highest BCUT2D eigenvalue weighted by molar-refractivity contribution is 5.77. The van der Waals surface area contributed by atoms with Gasteiger partial charge in [0.2, 0.25) is 12.3 Å². The Labute approximate surface area is 102 Å². The summed E-state index contributed by atoms with van der Waals surface area (Å²) >= 11 is 0. The van der Waals surface area contributed by atoms with Crippen molar-refractivity contribution in [3.05, 3.63) is 0 Å². The third-order valence-corrected chi connectivity index (χ3v) is 3.35. The first kappa shape index (κ1) is 12.8. The summed E-state index contributed by atoms with van der Waals surface area (Å²) in [5.41, 5.74) is -0.386. The lowest BCUT2D eigenvalue weighted by Crippen LogP contribution is -2.49. The number of hydrogen-bond acceptors (Lipinski definition) is 4. The molecule has 3 unspecified atom stereocenters. The maximum Gasteiger partial charge on any atom is 0.221 e. The number of fused-ring (bicyclic) bond motifs is 2. The van der Waals surface area contributed by atoms with Gasteiger partial charge >= 0.3 is 0 Å². The zero-order chi connectivity index (χ0) is 12.6. The molecule has 2 saturated heterocycles. The Hall–Kier alpha value is -0.650. The summed E-state index contributed by atoms with van der Waals surface area (Å²) < 4.78 is 5.59. The Morgan fingerprint density at radius 3 is 2.71 bits per heavy atom. The second-order valence-electron chi connectivity index (χ2n) is 5.90. The minimum absolute atomic E-state index is 0.0742. The van der Waals surface area contributed by atoms with Gasteiger partial charge in [-0.05, 0) is 33.6 Å². The minimum atomic E-state index is -0.916. The van der Waals surface area contributed by atoms with E-state index in [1.807, 2.05) is 25.7 Å². The van der Waals surface area contributed by atoms with E-state index in [1.54, 1.807) is 0 Å². The maximum atomic E-state index is 11.5. The number of carbonyl (C=O) groups is 1. The van der Waals surface area contributed by atoms with Crippen molar-refractivity contribution in [1.82, 2.24) is 10.2 Å². The van der Waals surface area contributed by atoms with E-state index in [-0.39, 0.29) is 23.6 Å². The zero-order valence-corrected chi connectivity index (χ0v) is 10.8. The molecule has 98 valence electrons. The molecule has 1 amide bonds. The van der Waals surface area contributed by atoms with Crippen molar-refractivity contribution < 1.29 is 14.6 Å². The van der Waals surface area contributed by atoms with Gasteiger partial charge in [0, 0.05) is 25.0 Å². The number of aliphatic hydroxyl groups is 1. The van der Waals surface area contributed by atoms with E-state index in [1.165, 1.54) is 0 Å². The maximum absolute atomic E-state index is 11.5. The Morgan fingerprint density at radius 1 is 1.41 bits per heavy atom. The fourth-order valence-electron chi connectivity index (χ4n) is 2.65. The summed E-state index contributed by atoms with van der Waals surface area (Å²) in [5.74, 6) is 0.0742. The molecule has 3 atom stereocenters. The lowest BCUT2D eigenvalue weighted by Gasteiger charge is -2.35. The summed E-state index contributed by atoms with van der Waals surface area (Å²) in [6, 6.07) is 0.309. The molecule has 5 heteroatoms. The van der Waals surface area contributed by atoms with Crippen LogP contribution in [0, 0.1) is 0 Å². The van der Waals surface area contributed by atoms with Crippen LogP contribution in [-0.2, 0) is 9.53 Å². The topological polar surface area (TPSA) is 61.8 Å². The molecular formula is C12H22N2O3. The predicted molar refractivity (Wildman–Crippen MR) is 63.1 cm³/mol. The molecule has 5 nitrogen and oxygen atoms in total. The summed E-state index contributed by atoms with van der Waals surface area (Å²) in [6.07, 6.45) is 1.51. The average Bonchev–Trinajstić information content (AvgIpc) is 2.45. The van der Waals surface area contributed by atoms with Gasteiger partial charge in [0.1, 0.15) is 0 Å². The molecule has 2 fully saturated rings. The largest absolute Gasteiger partial charge is 0.356 e. The van der Waals surface area contributed by atoms with Crippen molar-refractivity contribution in [1.29, 1.82) is 0 Å². The van der Waals surface area contributed by atoms with Gasteiger partial charge in [0.25, 0.3) is 0 Å². The second-order valence-corrected chi connectivity index (χ2v) is 5.90. The van der Waals surface area contributed by atoms with E-state index in [2.05, 4.69) is 5.32 Å². The number of aliphatic hydroxyl groups excluding tert-OH is 1. The molecule has 0 aliphatic carbocycles. The van der Waals surface area contributed by atoms with Crippen LogP contribution in [0.3, 0.4) is 0 Å². The Morgan fingerprint density at radius 2 is 2.06 bits per heavy atom. The standard InChI is InChI=1S/C12H22N2O3/c1-12(2,3)17-11(16)14-8-4-5-9(14)7-13-10(15)6-8/h8-9,11,16H,4-7H2,1-3H3,(H,13,15). The van der Waals surface area contributed by atoms with Gasteiger partial charge in [0.05, 0.1) is 5.60 Å². The third-order valence-electron chi connectivity index (χ3n) is 3.35. The van der Waals surface area contributed by atoms with Crippen LogP contribution < -0.4 is 5.32 Å². The molecule has 0 aromatic heterocycles. The molecule has 0 saturated carbocycles. The molecule has 2 N–H and O–H groups in total.